The molecule has 0 heterocycles. The van der Waals surface area contributed by atoms with Gasteiger partial charge in [-0.3, -0.25) is 4.79 Å². The molecule has 0 aliphatic rings. The summed E-state index contributed by atoms with van der Waals surface area (Å²) in [5, 5.41) is 9.37. The first-order valence-corrected chi connectivity index (χ1v) is 4.96. The second-order valence-electron chi connectivity index (χ2n) is 2.85. The highest BCUT2D eigenvalue weighted by atomic mass is 32.1. The molecule has 0 aliphatic carbocycles. The molecular formula is C11H12O2S. The highest BCUT2D eigenvalue weighted by Gasteiger charge is 1.98. The molecule has 0 saturated carbocycles. The largest absolute Gasteiger partial charge is 0.507 e. The number of allylic oxidation sites excluding steroid dienone is 1. The van der Waals surface area contributed by atoms with Gasteiger partial charge in [0.25, 0.3) is 0 Å². The molecule has 1 rings (SSSR count). The number of benzene rings is 1. The van der Waals surface area contributed by atoms with E-state index >= 15 is 0 Å². The molecule has 0 aromatic heterocycles. The van der Waals surface area contributed by atoms with Crippen LogP contribution in [0.5, 0.6) is 5.75 Å². The quantitative estimate of drug-likeness (QED) is 0.589. The zero-order valence-electron chi connectivity index (χ0n) is 7.68. The van der Waals surface area contributed by atoms with Gasteiger partial charge in [0.15, 0.2) is 6.29 Å². The molecule has 1 N–H and O–H groups in total. The van der Waals surface area contributed by atoms with E-state index in [0.717, 1.165) is 17.7 Å². The zero-order chi connectivity index (χ0) is 10.4. The van der Waals surface area contributed by atoms with Crippen molar-refractivity contribution in [1.82, 2.24) is 0 Å². The van der Waals surface area contributed by atoms with E-state index in [2.05, 4.69) is 12.6 Å². The average Bonchev–Trinajstić information content (AvgIpc) is 2.18. The smallest absolute Gasteiger partial charge is 0.153 e. The summed E-state index contributed by atoms with van der Waals surface area (Å²) in [4.78, 5) is 10.4. The lowest BCUT2D eigenvalue weighted by Gasteiger charge is -1.98. The van der Waals surface area contributed by atoms with Crippen molar-refractivity contribution in [2.45, 2.75) is 6.42 Å². The summed E-state index contributed by atoms with van der Waals surface area (Å²) >= 11 is 4.07. The molecule has 14 heavy (non-hydrogen) atoms. The monoisotopic (exact) mass is 208 g/mol. The molecule has 0 atom stereocenters. The van der Waals surface area contributed by atoms with Gasteiger partial charge in [0.1, 0.15) is 5.75 Å². The minimum atomic E-state index is 0.0213. The van der Waals surface area contributed by atoms with Crippen molar-refractivity contribution < 1.29 is 9.90 Å². The first kappa shape index (κ1) is 10.9. The first-order valence-electron chi connectivity index (χ1n) is 4.33. The number of phenols is 1. The summed E-state index contributed by atoms with van der Waals surface area (Å²) in [5.74, 6) is 0.822. The van der Waals surface area contributed by atoms with Gasteiger partial charge in [0.05, 0.1) is 5.56 Å². The number of rotatable bonds is 4. The van der Waals surface area contributed by atoms with Gasteiger partial charge in [-0.15, -0.1) is 0 Å². The summed E-state index contributed by atoms with van der Waals surface area (Å²) < 4.78 is 0. The molecular weight excluding hydrogens is 196 g/mol. The summed E-state index contributed by atoms with van der Waals surface area (Å²) in [7, 11) is 0. The number of hydrogen-bond acceptors (Lipinski definition) is 3. The molecule has 1 aromatic carbocycles. The van der Waals surface area contributed by atoms with Gasteiger partial charge in [-0.25, -0.2) is 0 Å². The van der Waals surface area contributed by atoms with Crippen molar-refractivity contribution in [2.24, 2.45) is 0 Å². The minimum Gasteiger partial charge on any atom is -0.507 e. The van der Waals surface area contributed by atoms with Crippen molar-refractivity contribution >= 4 is 25.0 Å². The van der Waals surface area contributed by atoms with Crippen LogP contribution in [0.15, 0.2) is 24.3 Å². The maximum absolute atomic E-state index is 10.4. The summed E-state index contributed by atoms with van der Waals surface area (Å²) in [5.41, 5.74) is 1.20. The molecule has 74 valence electrons. The van der Waals surface area contributed by atoms with E-state index in [0.29, 0.717) is 11.8 Å². The number of phenolic OH excluding ortho intramolecular Hbond substituents is 1. The Labute approximate surface area is 88.7 Å². The molecule has 2 nitrogen and oxygen atoms in total. The van der Waals surface area contributed by atoms with E-state index in [1.54, 1.807) is 18.2 Å². The maximum Gasteiger partial charge on any atom is 0.153 e. The molecule has 0 bridgehead atoms. The number of aldehydes is 1. The predicted molar refractivity (Wildman–Crippen MR) is 61.0 cm³/mol. The van der Waals surface area contributed by atoms with Crippen molar-refractivity contribution in [3.8, 4) is 5.75 Å². The topological polar surface area (TPSA) is 37.3 Å². The van der Waals surface area contributed by atoms with Crippen molar-refractivity contribution in [3.05, 3.63) is 35.4 Å². The molecule has 0 fully saturated rings. The summed E-state index contributed by atoms with van der Waals surface area (Å²) in [6.45, 7) is 0. The van der Waals surface area contributed by atoms with Crippen molar-refractivity contribution in [3.63, 3.8) is 0 Å². The van der Waals surface area contributed by atoms with E-state index < -0.39 is 0 Å². The molecule has 1 aromatic rings. The minimum absolute atomic E-state index is 0.0213. The Morgan fingerprint density at radius 1 is 1.43 bits per heavy atom. The Morgan fingerprint density at radius 2 is 2.21 bits per heavy atom. The van der Waals surface area contributed by atoms with Crippen LogP contribution >= 0.6 is 12.6 Å². The lowest BCUT2D eigenvalue weighted by Crippen LogP contribution is -1.81. The maximum atomic E-state index is 10.4. The van der Waals surface area contributed by atoms with Crippen LogP contribution in [-0.4, -0.2) is 17.1 Å². The average molecular weight is 208 g/mol. The van der Waals surface area contributed by atoms with Gasteiger partial charge in [0, 0.05) is 0 Å². The lowest BCUT2D eigenvalue weighted by atomic mass is 10.1. The van der Waals surface area contributed by atoms with Gasteiger partial charge >= 0.3 is 0 Å². The second kappa shape index (κ2) is 5.50. The van der Waals surface area contributed by atoms with E-state index in [1.807, 2.05) is 12.2 Å². The zero-order valence-corrected chi connectivity index (χ0v) is 8.58. The van der Waals surface area contributed by atoms with Crippen LogP contribution in [0.3, 0.4) is 0 Å². The van der Waals surface area contributed by atoms with Gasteiger partial charge in [0.2, 0.25) is 0 Å². The number of aromatic hydroxyl groups is 1. The molecule has 0 unspecified atom stereocenters. The predicted octanol–water partition coefficient (Wildman–Crippen LogP) is 2.54. The van der Waals surface area contributed by atoms with Crippen LogP contribution in [0.4, 0.5) is 0 Å². The molecule has 3 heteroatoms. The van der Waals surface area contributed by atoms with Crippen LogP contribution in [0.2, 0.25) is 0 Å². The van der Waals surface area contributed by atoms with Crippen molar-refractivity contribution in [2.75, 3.05) is 5.75 Å². The van der Waals surface area contributed by atoms with Crippen LogP contribution in [0.25, 0.3) is 6.08 Å². The van der Waals surface area contributed by atoms with Gasteiger partial charge in [-0.05, 0) is 29.9 Å². The lowest BCUT2D eigenvalue weighted by molar-refractivity contribution is 0.112. The van der Waals surface area contributed by atoms with Crippen LogP contribution in [0, 0.1) is 0 Å². The van der Waals surface area contributed by atoms with Crippen molar-refractivity contribution in [1.29, 1.82) is 0 Å². The van der Waals surface area contributed by atoms with Gasteiger partial charge in [-0.1, -0.05) is 18.2 Å². The van der Waals surface area contributed by atoms with Gasteiger partial charge < -0.3 is 5.11 Å². The number of hydrogen-bond donors (Lipinski definition) is 2. The third-order valence-corrected chi connectivity index (χ3v) is 2.05. The van der Waals surface area contributed by atoms with E-state index in [9.17, 15) is 9.90 Å². The Bertz CT molecular complexity index is 345. The fourth-order valence-corrected chi connectivity index (χ4v) is 1.21. The van der Waals surface area contributed by atoms with E-state index in [-0.39, 0.29) is 5.75 Å². The summed E-state index contributed by atoms with van der Waals surface area (Å²) in [6.07, 6.45) is 5.39. The molecule has 0 amide bonds. The van der Waals surface area contributed by atoms with E-state index in [4.69, 9.17) is 0 Å². The highest BCUT2D eigenvalue weighted by molar-refractivity contribution is 7.80. The number of carbonyl (C=O) groups is 1. The first-order chi connectivity index (χ1) is 6.77. The molecule has 0 radical (unpaired) electrons. The molecule has 0 saturated heterocycles. The van der Waals surface area contributed by atoms with Crippen LogP contribution < -0.4 is 0 Å². The van der Waals surface area contributed by atoms with Crippen LogP contribution in [0.1, 0.15) is 22.3 Å². The Morgan fingerprint density at radius 3 is 2.79 bits per heavy atom. The van der Waals surface area contributed by atoms with Crippen LogP contribution in [-0.2, 0) is 0 Å². The fourth-order valence-electron chi connectivity index (χ4n) is 1.06. The fraction of sp³-hybridized carbons (Fsp3) is 0.182. The summed E-state index contributed by atoms with van der Waals surface area (Å²) in [6, 6.07) is 4.96. The Kier molecular flexibility index (Phi) is 4.26. The SMILES string of the molecule is O=Cc1ccc(C=CCCS)cc1O. The third kappa shape index (κ3) is 2.92. The second-order valence-corrected chi connectivity index (χ2v) is 3.30. The highest BCUT2D eigenvalue weighted by Crippen LogP contribution is 2.17. The number of carbonyl (C=O) groups excluding carboxylic acids is 1. The van der Waals surface area contributed by atoms with E-state index in [1.165, 1.54) is 0 Å². The Hall–Kier alpha value is -1.22. The van der Waals surface area contributed by atoms with Gasteiger partial charge in [-0.2, -0.15) is 12.6 Å². The Balaban J connectivity index is 2.81. The normalized spacial score (nSPS) is 10.6. The molecule has 0 spiro atoms. The third-order valence-electron chi connectivity index (χ3n) is 1.79. The molecule has 0 aliphatic heterocycles. The standard InChI is InChI=1S/C11H12O2S/c12-8-10-5-4-9(7-11(10)13)3-1-2-6-14/h1,3-5,7-8,13-14H,2,6H2. The number of thiol groups is 1.